The SMILES string of the molecule is Cc1c(CN2CCNCC2)c(C)c(NC(=O)OC(C)(C)C)c(C)c1N=[N+]=[N-]. The molecule has 0 aromatic heterocycles. The minimum atomic E-state index is -0.589. The molecule has 8 nitrogen and oxygen atoms in total. The number of azide groups is 1. The van der Waals surface area contributed by atoms with Gasteiger partial charge in [0, 0.05) is 43.3 Å². The van der Waals surface area contributed by atoms with Crippen molar-refractivity contribution in [2.24, 2.45) is 5.11 Å². The lowest BCUT2D eigenvalue weighted by Crippen LogP contribution is -2.43. The number of hydrogen-bond acceptors (Lipinski definition) is 5. The van der Waals surface area contributed by atoms with Crippen LogP contribution in [0.3, 0.4) is 0 Å². The van der Waals surface area contributed by atoms with Gasteiger partial charge in [-0.25, -0.2) is 4.79 Å². The number of rotatable bonds is 4. The first-order valence-electron chi connectivity index (χ1n) is 9.25. The number of carbonyl (C=O) groups is 1. The third-order valence-electron chi connectivity index (χ3n) is 4.73. The van der Waals surface area contributed by atoms with E-state index in [-0.39, 0.29) is 0 Å². The van der Waals surface area contributed by atoms with Crippen LogP contribution in [0.5, 0.6) is 0 Å². The van der Waals surface area contributed by atoms with E-state index in [2.05, 4.69) is 25.6 Å². The smallest absolute Gasteiger partial charge is 0.412 e. The molecule has 0 unspecified atom stereocenters. The van der Waals surface area contributed by atoms with Crippen LogP contribution in [0.4, 0.5) is 16.2 Å². The molecule has 1 aromatic carbocycles. The quantitative estimate of drug-likeness (QED) is 0.466. The zero-order valence-electron chi connectivity index (χ0n) is 17.1. The van der Waals surface area contributed by atoms with E-state index < -0.39 is 11.7 Å². The third kappa shape index (κ3) is 5.35. The molecule has 1 amide bonds. The molecule has 0 aliphatic carbocycles. The van der Waals surface area contributed by atoms with E-state index in [4.69, 9.17) is 10.3 Å². The normalized spacial score (nSPS) is 15.2. The third-order valence-corrected chi connectivity index (χ3v) is 4.73. The van der Waals surface area contributed by atoms with E-state index in [0.29, 0.717) is 11.4 Å². The zero-order chi connectivity index (χ0) is 20.2. The highest BCUT2D eigenvalue weighted by atomic mass is 16.6. The van der Waals surface area contributed by atoms with Gasteiger partial charge in [-0.05, 0) is 69.3 Å². The first kappa shape index (κ1) is 21.0. The van der Waals surface area contributed by atoms with Crippen molar-refractivity contribution >= 4 is 17.5 Å². The van der Waals surface area contributed by atoms with E-state index in [9.17, 15) is 4.79 Å². The summed E-state index contributed by atoms with van der Waals surface area (Å²) in [4.78, 5) is 17.7. The molecule has 0 spiro atoms. The molecule has 1 fully saturated rings. The van der Waals surface area contributed by atoms with Gasteiger partial charge in [-0.2, -0.15) is 0 Å². The molecule has 1 aliphatic heterocycles. The standard InChI is InChI=1S/C19H30N6O2/c1-12-15(11-25-9-7-21-8-10-25)13(2)17(23-24-20)14(3)16(12)22-18(26)27-19(4,5)6/h21H,7-11H2,1-6H3,(H,22,26). The Labute approximate surface area is 160 Å². The lowest BCUT2D eigenvalue weighted by molar-refractivity contribution is 0.0635. The second-order valence-electron chi connectivity index (χ2n) is 7.92. The van der Waals surface area contributed by atoms with E-state index in [1.807, 2.05) is 41.5 Å². The average Bonchev–Trinajstić information content (AvgIpc) is 2.59. The van der Waals surface area contributed by atoms with Gasteiger partial charge in [0.1, 0.15) is 5.60 Å². The van der Waals surface area contributed by atoms with Crippen LogP contribution >= 0.6 is 0 Å². The summed E-state index contributed by atoms with van der Waals surface area (Å²) in [6.45, 7) is 15.8. The Kier molecular flexibility index (Phi) is 6.70. The molecule has 27 heavy (non-hydrogen) atoms. The molecule has 2 rings (SSSR count). The molecule has 1 heterocycles. The highest BCUT2D eigenvalue weighted by Crippen LogP contribution is 2.37. The monoisotopic (exact) mass is 374 g/mol. The fourth-order valence-corrected chi connectivity index (χ4v) is 3.37. The predicted molar refractivity (Wildman–Crippen MR) is 107 cm³/mol. The van der Waals surface area contributed by atoms with Crippen LogP contribution in [0.25, 0.3) is 10.4 Å². The summed E-state index contributed by atoms with van der Waals surface area (Å²) in [7, 11) is 0. The Bertz CT molecular complexity index is 757. The van der Waals surface area contributed by atoms with E-state index in [0.717, 1.165) is 55.0 Å². The van der Waals surface area contributed by atoms with E-state index in [1.165, 1.54) is 0 Å². The van der Waals surface area contributed by atoms with Gasteiger partial charge in [-0.15, -0.1) is 0 Å². The fourth-order valence-electron chi connectivity index (χ4n) is 3.37. The summed E-state index contributed by atoms with van der Waals surface area (Å²) in [6.07, 6.45) is -0.516. The number of piperazine rings is 1. The Morgan fingerprint density at radius 2 is 1.85 bits per heavy atom. The first-order valence-corrected chi connectivity index (χ1v) is 9.25. The maximum Gasteiger partial charge on any atom is 0.412 e. The molecule has 8 heteroatoms. The molecular formula is C19H30N6O2. The van der Waals surface area contributed by atoms with Crippen LogP contribution < -0.4 is 10.6 Å². The minimum absolute atomic E-state index is 0.516. The summed E-state index contributed by atoms with van der Waals surface area (Å²) in [5, 5.41) is 10.1. The maximum absolute atomic E-state index is 12.3. The van der Waals surface area contributed by atoms with Gasteiger partial charge in [0.2, 0.25) is 0 Å². The molecule has 1 saturated heterocycles. The van der Waals surface area contributed by atoms with Gasteiger partial charge in [-0.3, -0.25) is 10.2 Å². The van der Waals surface area contributed by atoms with Crippen molar-refractivity contribution in [3.05, 3.63) is 32.7 Å². The van der Waals surface area contributed by atoms with Gasteiger partial charge in [0.25, 0.3) is 0 Å². The highest BCUT2D eigenvalue weighted by molar-refractivity contribution is 5.89. The number of carbonyl (C=O) groups excluding carboxylic acids is 1. The number of nitrogens with zero attached hydrogens (tertiary/aromatic N) is 4. The number of nitrogens with one attached hydrogen (secondary N) is 2. The van der Waals surface area contributed by atoms with E-state index >= 15 is 0 Å². The number of hydrogen-bond donors (Lipinski definition) is 2. The Morgan fingerprint density at radius 1 is 1.22 bits per heavy atom. The van der Waals surface area contributed by atoms with Crippen molar-refractivity contribution in [2.75, 3.05) is 31.5 Å². The van der Waals surface area contributed by atoms with Crippen molar-refractivity contribution in [1.29, 1.82) is 0 Å². The van der Waals surface area contributed by atoms with Crippen molar-refractivity contribution in [3.63, 3.8) is 0 Å². The predicted octanol–water partition coefficient (Wildman–Crippen LogP) is 4.31. The van der Waals surface area contributed by atoms with Crippen LogP contribution in [0.2, 0.25) is 0 Å². The van der Waals surface area contributed by atoms with Crippen molar-refractivity contribution in [3.8, 4) is 0 Å². The molecule has 1 aliphatic rings. The van der Waals surface area contributed by atoms with Gasteiger partial charge < -0.3 is 10.1 Å². The first-order chi connectivity index (χ1) is 12.6. The minimum Gasteiger partial charge on any atom is -0.444 e. The average molecular weight is 374 g/mol. The Hall–Kier alpha value is -2.28. The molecule has 148 valence electrons. The molecular weight excluding hydrogens is 344 g/mol. The molecule has 0 atom stereocenters. The lowest BCUT2D eigenvalue weighted by atomic mass is 9.94. The van der Waals surface area contributed by atoms with Crippen LogP contribution in [0.15, 0.2) is 5.11 Å². The van der Waals surface area contributed by atoms with Crippen LogP contribution in [0.1, 0.15) is 43.0 Å². The highest BCUT2D eigenvalue weighted by Gasteiger charge is 2.22. The maximum atomic E-state index is 12.3. The Balaban J connectivity index is 2.45. The molecule has 1 aromatic rings. The summed E-state index contributed by atoms with van der Waals surface area (Å²) < 4.78 is 5.40. The van der Waals surface area contributed by atoms with Crippen molar-refractivity contribution < 1.29 is 9.53 Å². The summed E-state index contributed by atoms with van der Waals surface area (Å²) >= 11 is 0. The second kappa shape index (κ2) is 8.61. The van der Waals surface area contributed by atoms with Gasteiger partial charge in [0.05, 0.1) is 5.69 Å². The number of amides is 1. The van der Waals surface area contributed by atoms with Crippen molar-refractivity contribution in [1.82, 2.24) is 10.2 Å². The zero-order valence-corrected chi connectivity index (χ0v) is 17.1. The van der Waals surface area contributed by atoms with Gasteiger partial charge in [-0.1, -0.05) is 5.11 Å². The molecule has 2 N–H and O–H groups in total. The number of anilines is 1. The number of benzene rings is 1. The molecule has 0 bridgehead atoms. The van der Waals surface area contributed by atoms with Crippen LogP contribution in [-0.4, -0.2) is 42.8 Å². The van der Waals surface area contributed by atoms with Crippen LogP contribution in [0, 0.1) is 20.8 Å². The van der Waals surface area contributed by atoms with Crippen LogP contribution in [-0.2, 0) is 11.3 Å². The lowest BCUT2D eigenvalue weighted by Gasteiger charge is -2.30. The fraction of sp³-hybridized carbons (Fsp3) is 0.632. The summed E-state index contributed by atoms with van der Waals surface area (Å²) in [5.74, 6) is 0. The van der Waals surface area contributed by atoms with Gasteiger partial charge >= 0.3 is 6.09 Å². The second-order valence-corrected chi connectivity index (χ2v) is 7.92. The topological polar surface area (TPSA) is 102 Å². The van der Waals surface area contributed by atoms with E-state index in [1.54, 1.807) is 0 Å². The largest absolute Gasteiger partial charge is 0.444 e. The molecule has 0 radical (unpaired) electrons. The Morgan fingerprint density at radius 3 is 2.41 bits per heavy atom. The summed E-state index contributed by atoms with van der Waals surface area (Å²) in [6, 6.07) is 0. The van der Waals surface area contributed by atoms with Crippen molar-refractivity contribution in [2.45, 2.75) is 53.7 Å². The van der Waals surface area contributed by atoms with Gasteiger partial charge in [0.15, 0.2) is 0 Å². The number of ether oxygens (including phenoxy) is 1. The summed E-state index contributed by atoms with van der Waals surface area (Å²) in [5.41, 5.74) is 13.4. The molecule has 0 saturated carbocycles.